The van der Waals surface area contributed by atoms with E-state index in [1.165, 1.54) is 38.5 Å². The molecule has 0 amide bonds. The minimum absolute atomic E-state index is 0.666. The lowest BCUT2D eigenvalue weighted by Crippen LogP contribution is -1.92. The molecule has 2 rings (SSSR count). The first-order valence-corrected chi connectivity index (χ1v) is 7.99. The molecular weight excluding hydrogens is 224 g/mol. The summed E-state index contributed by atoms with van der Waals surface area (Å²) in [5.41, 5.74) is 4.97. The Labute approximate surface area is 110 Å². The first-order chi connectivity index (χ1) is 8.30. The van der Waals surface area contributed by atoms with E-state index in [0.717, 1.165) is 0 Å². The van der Waals surface area contributed by atoms with Crippen LogP contribution in [0.5, 0.6) is 0 Å². The van der Waals surface area contributed by atoms with E-state index in [1.54, 1.807) is 21.6 Å². The molecule has 1 heterocycles. The van der Waals surface area contributed by atoms with E-state index in [4.69, 9.17) is 0 Å². The molecule has 94 valence electrons. The van der Waals surface area contributed by atoms with Gasteiger partial charge in [0.1, 0.15) is 0 Å². The Balaban J connectivity index is 2.20. The summed E-state index contributed by atoms with van der Waals surface area (Å²) < 4.78 is 0. The molecule has 0 nitrogen and oxygen atoms in total. The molecule has 0 saturated carbocycles. The number of rotatable bonds is 6. The van der Waals surface area contributed by atoms with Gasteiger partial charge in [-0.05, 0) is 47.0 Å². The normalized spacial score (nSPS) is 22.9. The first-order valence-electron chi connectivity index (χ1n) is 7.11. The Hall–Kier alpha value is -0.430. The summed E-state index contributed by atoms with van der Waals surface area (Å²) in [4.78, 5) is 1.60. The average Bonchev–Trinajstić information content (AvgIpc) is 2.80. The predicted octanol–water partition coefficient (Wildman–Crippen LogP) is 5.62. The predicted molar refractivity (Wildman–Crippen MR) is 79.3 cm³/mol. The van der Waals surface area contributed by atoms with E-state index in [2.05, 4.69) is 44.7 Å². The molecule has 0 radical (unpaired) electrons. The Kier molecular flexibility index (Phi) is 4.55. The molecule has 0 aromatic heterocycles. The van der Waals surface area contributed by atoms with Crippen LogP contribution in [-0.2, 0) is 0 Å². The molecule has 1 aliphatic carbocycles. The molecule has 0 aromatic carbocycles. The SMILES string of the molecule is CCCC1=CC2=C(CCC)C(CCC)=CC2S1. The molecule has 1 unspecified atom stereocenters. The highest BCUT2D eigenvalue weighted by molar-refractivity contribution is 8.04. The van der Waals surface area contributed by atoms with Crippen LogP contribution in [0, 0.1) is 0 Å². The molecule has 0 fully saturated rings. The van der Waals surface area contributed by atoms with Gasteiger partial charge in [-0.3, -0.25) is 0 Å². The van der Waals surface area contributed by atoms with Gasteiger partial charge in [-0.1, -0.05) is 46.1 Å². The van der Waals surface area contributed by atoms with Crippen LogP contribution in [0.4, 0.5) is 0 Å². The zero-order valence-electron chi connectivity index (χ0n) is 11.4. The van der Waals surface area contributed by atoms with Crippen molar-refractivity contribution in [2.45, 2.75) is 64.5 Å². The fourth-order valence-electron chi connectivity index (χ4n) is 2.80. The lowest BCUT2D eigenvalue weighted by molar-refractivity contribution is 0.855. The second kappa shape index (κ2) is 5.95. The van der Waals surface area contributed by atoms with Gasteiger partial charge in [0.2, 0.25) is 0 Å². The summed E-state index contributed by atoms with van der Waals surface area (Å²) in [6, 6.07) is 0. The number of hydrogen-bond acceptors (Lipinski definition) is 1. The first kappa shape index (κ1) is 13.0. The second-order valence-corrected chi connectivity index (χ2v) is 6.29. The standard InChI is InChI=1S/C16H24S/c1-4-7-12-10-16-15(14(12)9-6-3)11-13(17-16)8-5-2/h10-11,16H,4-9H2,1-3H3. The van der Waals surface area contributed by atoms with Crippen molar-refractivity contribution in [3.8, 4) is 0 Å². The molecule has 17 heavy (non-hydrogen) atoms. The fraction of sp³-hybridized carbons (Fsp3) is 0.625. The molecule has 1 aliphatic heterocycles. The van der Waals surface area contributed by atoms with Crippen molar-refractivity contribution in [1.29, 1.82) is 0 Å². The van der Waals surface area contributed by atoms with Crippen LogP contribution in [-0.4, -0.2) is 5.25 Å². The van der Waals surface area contributed by atoms with Crippen molar-refractivity contribution in [2.75, 3.05) is 0 Å². The van der Waals surface area contributed by atoms with Crippen LogP contribution in [0.25, 0.3) is 0 Å². The largest absolute Gasteiger partial charge is 0.118 e. The van der Waals surface area contributed by atoms with Gasteiger partial charge in [-0.2, -0.15) is 0 Å². The summed E-state index contributed by atoms with van der Waals surface area (Å²) in [5.74, 6) is 0. The van der Waals surface area contributed by atoms with Crippen molar-refractivity contribution in [1.82, 2.24) is 0 Å². The van der Waals surface area contributed by atoms with Crippen molar-refractivity contribution in [2.24, 2.45) is 0 Å². The molecule has 0 N–H and O–H groups in total. The molecule has 0 bridgehead atoms. The third kappa shape index (κ3) is 2.70. The van der Waals surface area contributed by atoms with Gasteiger partial charge in [0.15, 0.2) is 0 Å². The maximum Gasteiger partial charge on any atom is 0.0530 e. The van der Waals surface area contributed by atoms with Crippen LogP contribution in [0.15, 0.2) is 33.8 Å². The summed E-state index contributed by atoms with van der Waals surface area (Å²) >= 11 is 2.09. The Morgan fingerprint density at radius 1 is 1.00 bits per heavy atom. The molecular formula is C16H24S. The quantitative estimate of drug-likeness (QED) is 0.587. The lowest BCUT2D eigenvalue weighted by Gasteiger charge is -2.07. The third-order valence-electron chi connectivity index (χ3n) is 3.51. The van der Waals surface area contributed by atoms with E-state index >= 15 is 0 Å². The zero-order valence-corrected chi connectivity index (χ0v) is 12.2. The number of thioether (sulfide) groups is 1. The maximum atomic E-state index is 2.54. The van der Waals surface area contributed by atoms with Gasteiger partial charge >= 0.3 is 0 Å². The highest BCUT2D eigenvalue weighted by Gasteiger charge is 2.29. The summed E-state index contributed by atoms with van der Waals surface area (Å²) in [7, 11) is 0. The number of allylic oxidation sites excluding steroid dienone is 4. The van der Waals surface area contributed by atoms with Crippen LogP contribution in [0.3, 0.4) is 0 Å². The molecule has 1 atom stereocenters. The molecule has 0 saturated heterocycles. The zero-order chi connectivity index (χ0) is 12.3. The summed E-state index contributed by atoms with van der Waals surface area (Å²) in [6.45, 7) is 6.85. The van der Waals surface area contributed by atoms with Gasteiger partial charge in [0.05, 0.1) is 5.25 Å². The van der Waals surface area contributed by atoms with Gasteiger partial charge in [-0.15, -0.1) is 11.8 Å². The Bertz CT molecular complexity index is 371. The lowest BCUT2D eigenvalue weighted by atomic mass is 9.97. The van der Waals surface area contributed by atoms with E-state index in [0.29, 0.717) is 5.25 Å². The van der Waals surface area contributed by atoms with Crippen molar-refractivity contribution in [3.05, 3.63) is 33.8 Å². The highest BCUT2D eigenvalue weighted by atomic mass is 32.2. The number of fused-ring (bicyclic) bond motifs is 1. The molecule has 1 heteroatoms. The highest BCUT2D eigenvalue weighted by Crippen LogP contribution is 2.47. The Morgan fingerprint density at radius 3 is 2.35 bits per heavy atom. The van der Waals surface area contributed by atoms with Gasteiger partial charge in [-0.25, -0.2) is 0 Å². The van der Waals surface area contributed by atoms with Crippen LogP contribution >= 0.6 is 11.8 Å². The monoisotopic (exact) mass is 248 g/mol. The topological polar surface area (TPSA) is 0 Å². The van der Waals surface area contributed by atoms with Crippen molar-refractivity contribution in [3.63, 3.8) is 0 Å². The summed E-state index contributed by atoms with van der Waals surface area (Å²) in [5, 5.41) is 0.666. The van der Waals surface area contributed by atoms with Crippen molar-refractivity contribution >= 4 is 11.8 Å². The minimum Gasteiger partial charge on any atom is -0.118 e. The molecule has 0 spiro atoms. The fourth-order valence-corrected chi connectivity index (χ4v) is 4.22. The van der Waals surface area contributed by atoms with E-state index in [1.807, 2.05) is 0 Å². The average molecular weight is 248 g/mol. The van der Waals surface area contributed by atoms with Crippen LogP contribution in [0.2, 0.25) is 0 Å². The van der Waals surface area contributed by atoms with E-state index in [9.17, 15) is 0 Å². The third-order valence-corrected chi connectivity index (χ3v) is 4.77. The van der Waals surface area contributed by atoms with Crippen molar-refractivity contribution < 1.29 is 0 Å². The van der Waals surface area contributed by atoms with Gasteiger partial charge in [0, 0.05) is 0 Å². The molecule has 0 aromatic rings. The molecule has 2 aliphatic rings. The van der Waals surface area contributed by atoms with Gasteiger partial charge in [0.25, 0.3) is 0 Å². The smallest absolute Gasteiger partial charge is 0.0530 e. The number of hydrogen-bond donors (Lipinski definition) is 0. The summed E-state index contributed by atoms with van der Waals surface area (Å²) in [6.07, 6.45) is 12.6. The second-order valence-electron chi connectivity index (χ2n) is 5.02. The maximum absolute atomic E-state index is 2.54. The van der Waals surface area contributed by atoms with Crippen LogP contribution < -0.4 is 0 Å². The van der Waals surface area contributed by atoms with E-state index in [-0.39, 0.29) is 0 Å². The Morgan fingerprint density at radius 2 is 1.71 bits per heavy atom. The van der Waals surface area contributed by atoms with Gasteiger partial charge < -0.3 is 0 Å². The van der Waals surface area contributed by atoms with E-state index < -0.39 is 0 Å². The van der Waals surface area contributed by atoms with Crippen LogP contribution in [0.1, 0.15) is 59.3 Å². The minimum atomic E-state index is 0.666.